The van der Waals surface area contributed by atoms with Gasteiger partial charge in [-0.05, 0) is 57.5 Å². The third-order valence-corrected chi connectivity index (χ3v) is 6.03. The van der Waals surface area contributed by atoms with Crippen molar-refractivity contribution in [2.24, 2.45) is 0 Å². The third-order valence-electron chi connectivity index (χ3n) is 6.03. The van der Waals surface area contributed by atoms with E-state index in [-0.39, 0.29) is 17.4 Å². The van der Waals surface area contributed by atoms with Gasteiger partial charge in [-0.25, -0.2) is 9.37 Å². The van der Waals surface area contributed by atoms with Gasteiger partial charge in [-0.3, -0.25) is 14.3 Å². The van der Waals surface area contributed by atoms with Gasteiger partial charge >= 0.3 is 0 Å². The fraction of sp³-hybridized carbons (Fsp3) is 0.636. The second-order valence-electron chi connectivity index (χ2n) is 7.71. The third kappa shape index (κ3) is 3.98. The first kappa shape index (κ1) is 20.9. The molecule has 2 aromatic rings. The smallest absolute Gasteiger partial charge is 0.261 e. The standard InChI is InChI=1S/C22H33FN4O/c1-5-9-19(26-13-8-12-25(6-2)14-15-26)21-24-18-11-10-17(23)16(4)20(18)22(28)27(21)7-3/h10-11,19H,5-9,12-15H2,1-4H3. The van der Waals surface area contributed by atoms with Crippen molar-refractivity contribution in [2.45, 2.75) is 59.5 Å². The molecule has 0 N–H and O–H groups in total. The average molecular weight is 389 g/mol. The lowest BCUT2D eigenvalue weighted by Gasteiger charge is -2.31. The second-order valence-corrected chi connectivity index (χ2v) is 7.71. The Hall–Kier alpha value is -1.79. The summed E-state index contributed by atoms with van der Waals surface area (Å²) in [6.07, 6.45) is 3.12. The van der Waals surface area contributed by atoms with E-state index in [1.165, 1.54) is 6.07 Å². The molecule has 2 heterocycles. The van der Waals surface area contributed by atoms with Crippen LogP contribution in [0.15, 0.2) is 16.9 Å². The zero-order valence-electron chi connectivity index (χ0n) is 17.7. The predicted octanol–water partition coefficient (Wildman–Crippen LogP) is 3.73. The van der Waals surface area contributed by atoms with E-state index in [0.29, 0.717) is 23.0 Å². The molecule has 1 aromatic heterocycles. The Morgan fingerprint density at radius 3 is 2.57 bits per heavy atom. The first-order valence-electron chi connectivity index (χ1n) is 10.7. The highest BCUT2D eigenvalue weighted by Crippen LogP contribution is 2.27. The monoisotopic (exact) mass is 388 g/mol. The summed E-state index contributed by atoms with van der Waals surface area (Å²) in [4.78, 5) is 23.1. The van der Waals surface area contributed by atoms with Gasteiger partial charge in [0.15, 0.2) is 0 Å². The van der Waals surface area contributed by atoms with Crippen molar-refractivity contribution in [3.05, 3.63) is 39.7 Å². The average Bonchev–Trinajstić information content (AvgIpc) is 2.94. The fourth-order valence-corrected chi connectivity index (χ4v) is 4.39. The maximum Gasteiger partial charge on any atom is 0.261 e. The van der Waals surface area contributed by atoms with Crippen LogP contribution in [0.3, 0.4) is 0 Å². The number of hydrogen-bond donors (Lipinski definition) is 0. The van der Waals surface area contributed by atoms with Gasteiger partial charge in [0.2, 0.25) is 0 Å². The van der Waals surface area contributed by atoms with Crippen LogP contribution in [-0.2, 0) is 6.54 Å². The molecule has 154 valence electrons. The van der Waals surface area contributed by atoms with Gasteiger partial charge < -0.3 is 4.90 Å². The number of aryl methyl sites for hydroxylation is 1. The lowest BCUT2D eigenvalue weighted by Crippen LogP contribution is -2.37. The van der Waals surface area contributed by atoms with Crippen LogP contribution in [0.5, 0.6) is 0 Å². The van der Waals surface area contributed by atoms with Crippen molar-refractivity contribution in [1.29, 1.82) is 0 Å². The normalized spacial score (nSPS) is 17.8. The van der Waals surface area contributed by atoms with Crippen molar-refractivity contribution in [3.63, 3.8) is 0 Å². The maximum atomic E-state index is 14.1. The Balaban J connectivity index is 2.10. The van der Waals surface area contributed by atoms with Crippen molar-refractivity contribution >= 4 is 10.9 Å². The molecule has 6 heteroatoms. The minimum atomic E-state index is -0.348. The summed E-state index contributed by atoms with van der Waals surface area (Å²) in [7, 11) is 0. The highest BCUT2D eigenvalue weighted by molar-refractivity contribution is 5.81. The molecule has 0 bridgehead atoms. The summed E-state index contributed by atoms with van der Waals surface area (Å²) < 4.78 is 15.8. The van der Waals surface area contributed by atoms with E-state index in [4.69, 9.17) is 4.98 Å². The molecular weight excluding hydrogens is 355 g/mol. The lowest BCUT2D eigenvalue weighted by molar-refractivity contribution is 0.177. The summed E-state index contributed by atoms with van der Waals surface area (Å²) in [5.41, 5.74) is 0.879. The quantitative estimate of drug-likeness (QED) is 0.756. The largest absolute Gasteiger partial charge is 0.302 e. The number of benzene rings is 1. The van der Waals surface area contributed by atoms with E-state index in [0.717, 1.165) is 57.8 Å². The molecule has 0 amide bonds. The van der Waals surface area contributed by atoms with Crippen LogP contribution >= 0.6 is 0 Å². The molecule has 0 spiro atoms. The molecule has 1 saturated heterocycles. The highest BCUT2D eigenvalue weighted by Gasteiger charge is 2.27. The number of hydrogen-bond acceptors (Lipinski definition) is 4. The first-order chi connectivity index (χ1) is 13.5. The zero-order chi connectivity index (χ0) is 20.3. The Morgan fingerprint density at radius 2 is 1.89 bits per heavy atom. The fourth-order valence-electron chi connectivity index (χ4n) is 4.39. The van der Waals surface area contributed by atoms with Gasteiger partial charge in [0.05, 0.1) is 16.9 Å². The molecule has 5 nitrogen and oxygen atoms in total. The first-order valence-corrected chi connectivity index (χ1v) is 10.7. The molecule has 1 aromatic carbocycles. The molecule has 1 atom stereocenters. The number of halogens is 1. The summed E-state index contributed by atoms with van der Waals surface area (Å²) in [6.45, 7) is 13.8. The van der Waals surface area contributed by atoms with Crippen molar-refractivity contribution < 1.29 is 4.39 Å². The minimum Gasteiger partial charge on any atom is -0.302 e. The van der Waals surface area contributed by atoms with Gasteiger partial charge in [-0.1, -0.05) is 20.3 Å². The number of fused-ring (bicyclic) bond motifs is 1. The van der Waals surface area contributed by atoms with Crippen molar-refractivity contribution in [2.75, 3.05) is 32.7 Å². The van der Waals surface area contributed by atoms with Crippen LogP contribution in [0.4, 0.5) is 4.39 Å². The lowest BCUT2D eigenvalue weighted by atomic mass is 10.1. The van der Waals surface area contributed by atoms with Crippen LogP contribution in [0.1, 0.15) is 57.5 Å². The van der Waals surface area contributed by atoms with E-state index in [1.807, 2.05) is 6.92 Å². The van der Waals surface area contributed by atoms with Gasteiger partial charge in [0.1, 0.15) is 11.6 Å². The molecule has 1 unspecified atom stereocenters. The SMILES string of the molecule is CCCC(c1nc2ccc(F)c(C)c2c(=O)n1CC)N1CCCN(CC)CC1. The van der Waals surface area contributed by atoms with Crippen LogP contribution in [0.25, 0.3) is 10.9 Å². The Kier molecular flexibility index (Phi) is 6.83. The molecule has 3 rings (SSSR count). The highest BCUT2D eigenvalue weighted by atomic mass is 19.1. The molecular formula is C22H33FN4O. The minimum absolute atomic E-state index is 0.115. The zero-order valence-corrected chi connectivity index (χ0v) is 17.7. The Labute approximate surface area is 167 Å². The number of nitrogens with zero attached hydrogens (tertiary/aromatic N) is 4. The number of rotatable bonds is 6. The summed E-state index contributed by atoms with van der Waals surface area (Å²) in [5, 5.41) is 0.411. The summed E-state index contributed by atoms with van der Waals surface area (Å²) >= 11 is 0. The van der Waals surface area contributed by atoms with E-state index < -0.39 is 0 Å². The Morgan fingerprint density at radius 1 is 1.11 bits per heavy atom. The van der Waals surface area contributed by atoms with E-state index in [2.05, 4.69) is 23.6 Å². The molecule has 0 radical (unpaired) electrons. The van der Waals surface area contributed by atoms with Crippen molar-refractivity contribution in [3.8, 4) is 0 Å². The molecule has 1 fully saturated rings. The van der Waals surface area contributed by atoms with E-state index in [1.54, 1.807) is 17.6 Å². The van der Waals surface area contributed by atoms with Crippen molar-refractivity contribution in [1.82, 2.24) is 19.4 Å². The molecule has 0 aliphatic carbocycles. The molecule has 1 aliphatic rings. The molecule has 1 aliphatic heterocycles. The number of likely N-dealkylation sites (N-methyl/N-ethyl adjacent to an activating group) is 1. The topological polar surface area (TPSA) is 41.4 Å². The van der Waals surface area contributed by atoms with E-state index >= 15 is 0 Å². The van der Waals surface area contributed by atoms with Crippen LogP contribution in [0.2, 0.25) is 0 Å². The molecule has 0 saturated carbocycles. The van der Waals surface area contributed by atoms with Gasteiger partial charge in [-0.15, -0.1) is 0 Å². The van der Waals surface area contributed by atoms with Crippen LogP contribution in [0, 0.1) is 12.7 Å². The van der Waals surface area contributed by atoms with E-state index in [9.17, 15) is 9.18 Å². The van der Waals surface area contributed by atoms with Crippen LogP contribution < -0.4 is 5.56 Å². The van der Waals surface area contributed by atoms with Gasteiger partial charge in [0.25, 0.3) is 5.56 Å². The summed E-state index contributed by atoms with van der Waals surface area (Å²) in [6, 6.07) is 3.18. The number of aromatic nitrogens is 2. The van der Waals surface area contributed by atoms with Gasteiger partial charge in [0, 0.05) is 26.2 Å². The summed E-state index contributed by atoms with van der Waals surface area (Å²) in [5.74, 6) is 0.483. The van der Waals surface area contributed by atoms with Crippen LogP contribution in [-0.4, -0.2) is 52.1 Å². The second kappa shape index (κ2) is 9.14. The maximum absolute atomic E-state index is 14.1. The predicted molar refractivity (Wildman–Crippen MR) is 112 cm³/mol. The Bertz CT molecular complexity index is 879. The molecule has 28 heavy (non-hydrogen) atoms. The van der Waals surface area contributed by atoms with Gasteiger partial charge in [-0.2, -0.15) is 0 Å².